The maximum absolute atomic E-state index is 13.1. The lowest BCUT2D eigenvalue weighted by Crippen LogP contribution is -2.22. The van der Waals surface area contributed by atoms with Gasteiger partial charge in [-0.3, -0.25) is 14.9 Å². The van der Waals surface area contributed by atoms with Gasteiger partial charge in [-0.15, -0.1) is 0 Å². The van der Waals surface area contributed by atoms with E-state index < -0.39 is 22.5 Å². The SMILES string of the molecule is COc1ccc(/C=C2\C(=O)N(c3cccc([N+](=O)[O-])c3)N=C2C(=O)O)cc1OCc1ccc(F)cc1. The van der Waals surface area contributed by atoms with Gasteiger partial charge < -0.3 is 14.6 Å². The summed E-state index contributed by atoms with van der Waals surface area (Å²) >= 11 is 0. The number of hydrazone groups is 1. The average Bonchev–Trinajstić information content (AvgIpc) is 3.20. The van der Waals surface area contributed by atoms with Gasteiger partial charge in [0.05, 0.1) is 23.3 Å². The van der Waals surface area contributed by atoms with E-state index in [4.69, 9.17) is 9.47 Å². The maximum atomic E-state index is 13.1. The van der Waals surface area contributed by atoms with E-state index in [0.717, 1.165) is 11.1 Å². The zero-order valence-corrected chi connectivity index (χ0v) is 18.8. The second-order valence-electron chi connectivity index (χ2n) is 7.53. The molecule has 1 amide bonds. The van der Waals surface area contributed by atoms with Crippen LogP contribution in [0, 0.1) is 15.9 Å². The van der Waals surface area contributed by atoms with Gasteiger partial charge in [0.2, 0.25) is 0 Å². The van der Waals surface area contributed by atoms with Gasteiger partial charge in [0.1, 0.15) is 12.4 Å². The largest absolute Gasteiger partial charge is 0.493 e. The van der Waals surface area contributed by atoms with Crippen LogP contribution in [-0.4, -0.2) is 34.7 Å². The van der Waals surface area contributed by atoms with Crippen molar-refractivity contribution in [3.05, 3.63) is 99.4 Å². The number of aliphatic carboxylic acids is 1. The fraction of sp³-hybridized carbons (Fsp3) is 0.0800. The number of halogens is 1. The van der Waals surface area contributed by atoms with Gasteiger partial charge in [-0.2, -0.15) is 10.1 Å². The number of carbonyl (C=O) groups is 2. The number of nitro benzene ring substituents is 1. The van der Waals surface area contributed by atoms with Gasteiger partial charge in [-0.1, -0.05) is 24.3 Å². The molecule has 0 atom stereocenters. The Labute approximate surface area is 203 Å². The molecule has 4 rings (SSSR count). The predicted octanol–water partition coefficient (Wildman–Crippen LogP) is 4.19. The molecule has 0 aliphatic carbocycles. The molecule has 36 heavy (non-hydrogen) atoms. The summed E-state index contributed by atoms with van der Waals surface area (Å²) in [5.41, 5.74) is 0.168. The first-order valence-corrected chi connectivity index (χ1v) is 10.4. The number of amides is 1. The lowest BCUT2D eigenvalue weighted by Gasteiger charge is -2.12. The number of carboxylic acid groups (broad SMARTS) is 1. The minimum atomic E-state index is -1.44. The summed E-state index contributed by atoms with van der Waals surface area (Å²) < 4.78 is 24.3. The monoisotopic (exact) mass is 491 g/mol. The van der Waals surface area contributed by atoms with Crippen LogP contribution in [0.4, 0.5) is 15.8 Å². The van der Waals surface area contributed by atoms with Gasteiger partial charge in [0.15, 0.2) is 17.2 Å². The Morgan fingerprint density at radius 1 is 1.14 bits per heavy atom. The number of carboxylic acids is 1. The molecule has 0 bridgehead atoms. The Kier molecular flexibility index (Phi) is 6.72. The van der Waals surface area contributed by atoms with Gasteiger partial charge in [-0.25, -0.2) is 9.18 Å². The van der Waals surface area contributed by atoms with E-state index in [9.17, 15) is 29.2 Å². The van der Waals surface area contributed by atoms with E-state index >= 15 is 0 Å². The van der Waals surface area contributed by atoms with E-state index in [2.05, 4.69) is 5.10 Å². The first kappa shape index (κ1) is 24.1. The number of benzene rings is 3. The van der Waals surface area contributed by atoms with Crippen molar-refractivity contribution in [2.75, 3.05) is 12.1 Å². The normalized spacial score (nSPS) is 14.1. The number of anilines is 1. The number of methoxy groups -OCH3 is 1. The summed E-state index contributed by atoms with van der Waals surface area (Å²) in [6, 6.07) is 15.6. The number of hydrogen-bond donors (Lipinski definition) is 1. The van der Waals surface area contributed by atoms with E-state index in [1.54, 1.807) is 30.3 Å². The second kappa shape index (κ2) is 10.1. The minimum Gasteiger partial charge on any atom is -0.493 e. The molecule has 11 heteroatoms. The average molecular weight is 491 g/mol. The van der Waals surface area contributed by atoms with Crippen molar-refractivity contribution in [1.29, 1.82) is 0 Å². The van der Waals surface area contributed by atoms with Crippen LogP contribution >= 0.6 is 0 Å². The summed E-state index contributed by atoms with van der Waals surface area (Å²) in [7, 11) is 1.45. The lowest BCUT2D eigenvalue weighted by molar-refractivity contribution is -0.384. The van der Waals surface area contributed by atoms with Gasteiger partial charge in [0, 0.05) is 12.1 Å². The summed E-state index contributed by atoms with van der Waals surface area (Å²) in [5, 5.41) is 25.4. The molecule has 0 unspecified atom stereocenters. The molecule has 3 aromatic rings. The van der Waals surface area contributed by atoms with Crippen LogP contribution in [-0.2, 0) is 16.2 Å². The highest BCUT2D eigenvalue weighted by Crippen LogP contribution is 2.32. The van der Waals surface area contributed by atoms with Crippen molar-refractivity contribution >= 4 is 35.0 Å². The molecule has 0 saturated heterocycles. The molecule has 10 nitrogen and oxygen atoms in total. The first-order valence-electron chi connectivity index (χ1n) is 10.4. The van der Waals surface area contributed by atoms with Crippen molar-refractivity contribution in [3.8, 4) is 11.5 Å². The van der Waals surface area contributed by atoms with E-state index in [0.29, 0.717) is 22.6 Å². The second-order valence-corrected chi connectivity index (χ2v) is 7.53. The number of rotatable bonds is 8. The Bertz CT molecular complexity index is 1420. The molecule has 0 spiro atoms. The highest BCUT2D eigenvalue weighted by molar-refractivity contribution is 6.53. The van der Waals surface area contributed by atoms with Crippen LogP contribution in [0.2, 0.25) is 0 Å². The summed E-state index contributed by atoms with van der Waals surface area (Å²) in [6.07, 6.45) is 1.33. The number of nitro groups is 1. The van der Waals surface area contributed by atoms with Crippen molar-refractivity contribution in [1.82, 2.24) is 0 Å². The van der Waals surface area contributed by atoms with Crippen LogP contribution in [0.15, 0.2) is 77.4 Å². The molecule has 1 heterocycles. The van der Waals surface area contributed by atoms with Crippen LogP contribution < -0.4 is 14.5 Å². The number of ether oxygens (including phenoxy) is 2. The molecule has 0 saturated carbocycles. The molecule has 0 radical (unpaired) electrons. The van der Waals surface area contributed by atoms with Gasteiger partial charge in [0.25, 0.3) is 11.6 Å². The zero-order valence-electron chi connectivity index (χ0n) is 18.8. The number of carbonyl (C=O) groups excluding carboxylic acids is 1. The quantitative estimate of drug-likeness (QED) is 0.284. The molecule has 182 valence electrons. The van der Waals surface area contributed by atoms with Crippen molar-refractivity contribution in [2.24, 2.45) is 5.10 Å². The number of nitrogens with zero attached hydrogens (tertiary/aromatic N) is 3. The summed E-state index contributed by atoms with van der Waals surface area (Å²) in [5.74, 6) is -1.88. The maximum Gasteiger partial charge on any atom is 0.357 e. The fourth-order valence-electron chi connectivity index (χ4n) is 3.42. The van der Waals surface area contributed by atoms with E-state index in [-0.39, 0.29) is 29.4 Å². The minimum absolute atomic E-state index is 0.0504. The van der Waals surface area contributed by atoms with E-state index in [1.165, 1.54) is 43.5 Å². The van der Waals surface area contributed by atoms with Gasteiger partial charge >= 0.3 is 5.97 Å². The predicted molar refractivity (Wildman–Crippen MR) is 127 cm³/mol. The lowest BCUT2D eigenvalue weighted by atomic mass is 10.1. The Hall–Kier alpha value is -5.06. The molecule has 1 N–H and O–H groups in total. The molecular weight excluding hydrogens is 473 g/mol. The summed E-state index contributed by atoms with van der Waals surface area (Å²) in [4.78, 5) is 35.4. The van der Waals surface area contributed by atoms with Crippen molar-refractivity contribution < 1.29 is 33.5 Å². The van der Waals surface area contributed by atoms with Crippen molar-refractivity contribution in [3.63, 3.8) is 0 Å². The third kappa shape index (κ3) is 5.04. The molecule has 0 fully saturated rings. The fourth-order valence-corrected chi connectivity index (χ4v) is 3.42. The third-order valence-corrected chi connectivity index (χ3v) is 5.17. The smallest absolute Gasteiger partial charge is 0.357 e. The summed E-state index contributed by atoms with van der Waals surface area (Å²) in [6.45, 7) is 0.109. The topological polar surface area (TPSA) is 132 Å². The van der Waals surface area contributed by atoms with Crippen LogP contribution in [0.3, 0.4) is 0 Å². The van der Waals surface area contributed by atoms with E-state index in [1.807, 2.05) is 0 Å². The number of non-ortho nitro benzene ring substituents is 1. The zero-order chi connectivity index (χ0) is 25.8. The first-order chi connectivity index (χ1) is 17.3. The molecular formula is C25H18FN3O7. The van der Waals surface area contributed by atoms with Crippen molar-refractivity contribution in [2.45, 2.75) is 6.61 Å². The standard InChI is InChI=1S/C25H18FN3O7/c1-35-21-10-7-16(12-22(21)36-14-15-5-8-17(26)9-6-15)11-20-23(25(31)32)27-28(24(20)30)18-3-2-4-19(13-18)29(33)34/h2-13H,14H2,1H3,(H,31,32)/b20-11-. The van der Waals surface area contributed by atoms with Crippen LogP contribution in [0.25, 0.3) is 6.08 Å². The Morgan fingerprint density at radius 2 is 1.89 bits per heavy atom. The highest BCUT2D eigenvalue weighted by Gasteiger charge is 2.35. The Balaban J connectivity index is 1.65. The van der Waals surface area contributed by atoms with Gasteiger partial charge in [-0.05, 0) is 47.5 Å². The number of hydrogen-bond acceptors (Lipinski definition) is 7. The van der Waals surface area contributed by atoms with Crippen LogP contribution in [0.5, 0.6) is 11.5 Å². The molecule has 3 aromatic carbocycles. The highest BCUT2D eigenvalue weighted by atomic mass is 19.1. The third-order valence-electron chi connectivity index (χ3n) is 5.17. The molecule has 0 aromatic heterocycles. The molecule has 1 aliphatic rings. The van der Waals surface area contributed by atoms with Crippen LogP contribution in [0.1, 0.15) is 11.1 Å². The Morgan fingerprint density at radius 3 is 2.56 bits per heavy atom. The molecule has 1 aliphatic heterocycles.